The lowest BCUT2D eigenvalue weighted by molar-refractivity contribution is 0.0211. The molecule has 0 unspecified atom stereocenters. The van der Waals surface area contributed by atoms with Gasteiger partial charge in [-0.15, -0.1) is 0 Å². The van der Waals surface area contributed by atoms with E-state index in [1.165, 1.54) is 17.4 Å². The summed E-state index contributed by atoms with van der Waals surface area (Å²) in [7, 11) is 0. The average Bonchev–Trinajstić information content (AvgIpc) is 2.94. The van der Waals surface area contributed by atoms with Gasteiger partial charge in [0.15, 0.2) is 0 Å². The van der Waals surface area contributed by atoms with Gasteiger partial charge < -0.3 is 4.74 Å². The van der Waals surface area contributed by atoms with Gasteiger partial charge in [0.25, 0.3) is 11.8 Å². The Balaban J connectivity index is 1.62. The van der Waals surface area contributed by atoms with Crippen LogP contribution in [0.1, 0.15) is 74.3 Å². The standard InChI is InChI=1S/C23H23NO4/c1-14-8-9-15(2)20(12-14)24-21(25)18-11-10-16(13-19(18)22(24)26)23(27)28-17-6-4-3-5-7-17/h8-13,17H,3-7H2,1-2H3. The molecule has 28 heavy (non-hydrogen) atoms. The molecule has 4 rings (SSSR count). The fourth-order valence-corrected chi connectivity index (χ4v) is 3.95. The second-order valence-electron chi connectivity index (χ2n) is 7.66. The molecule has 0 N–H and O–H groups in total. The van der Waals surface area contributed by atoms with Gasteiger partial charge in [0.2, 0.25) is 0 Å². The van der Waals surface area contributed by atoms with Crippen LogP contribution >= 0.6 is 0 Å². The smallest absolute Gasteiger partial charge is 0.338 e. The summed E-state index contributed by atoms with van der Waals surface area (Å²) >= 11 is 0. The lowest BCUT2D eigenvalue weighted by atomic mass is 9.97. The Bertz CT molecular complexity index is 973. The molecule has 0 radical (unpaired) electrons. The molecule has 0 atom stereocenters. The maximum Gasteiger partial charge on any atom is 0.338 e. The molecule has 2 amide bonds. The van der Waals surface area contributed by atoms with E-state index in [1.807, 2.05) is 32.0 Å². The minimum atomic E-state index is -0.430. The first-order valence-corrected chi connectivity index (χ1v) is 9.77. The SMILES string of the molecule is Cc1ccc(C)c(N2C(=O)c3ccc(C(=O)OC4CCCCC4)cc3C2=O)c1. The van der Waals surface area contributed by atoms with Gasteiger partial charge >= 0.3 is 5.97 Å². The largest absolute Gasteiger partial charge is 0.459 e. The zero-order valence-corrected chi connectivity index (χ0v) is 16.2. The van der Waals surface area contributed by atoms with Gasteiger partial charge in [-0.2, -0.15) is 0 Å². The first-order chi connectivity index (χ1) is 13.5. The average molecular weight is 377 g/mol. The molecule has 0 saturated heterocycles. The predicted molar refractivity (Wildman–Crippen MR) is 106 cm³/mol. The number of carbonyl (C=O) groups is 3. The minimum absolute atomic E-state index is 0.0571. The molecular formula is C23H23NO4. The van der Waals surface area contributed by atoms with Crippen LogP contribution in [0.3, 0.4) is 0 Å². The molecule has 144 valence electrons. The van der Waals surface area contributed by atoms with Crippen molar-refractivity contribution < 1.29 is 19.1 Å². The van der Waals surface area contributed by atoms with E-state index in [0.717, 1.165) is 36.8 Å². The number of imide groups is 1. The van der Waals surface area contributed by atoms with E-state index in [2.05, 4.69) is 0 Å². The summed E-state index contributed by atoms with van der Waals surface area (Å²) < 4.78 is 5.60. The zero-order chi connectivity index (χ0) is 19.8. The summed E-state index contributed by atoms with van der Waals surface area (Å²) in [5.41, 5.74) is 3.28. The highest BCUT2D eigenvalue weighted by molar-refractivity contribution is 6.35. The highest BCUT2D eigenvalue weighted by Crippen LogP contribution is 2.32. The maximum atomic E-state index is 13.0. The molecule has 5 heteroatoms. The molecule has 2 aromatic rings. The summed E-state index contributed by atoms with van der Waals surface area (Å²) in [4.78, 5) is 39.6. The third-order valence-corrected chi connectivity index (χ3v) is 5.55. The van der Waals surface area contributed by atoms with E-state index in [9.17, 15) is 14.4 Å². The van der Waals surface area contributed by atoms with Crippen LogP contribution in [0.4, 0.5) is 5.69 Å². The molecule has 2 aliphatic rings. The molecule has 1 saturated carbocycles. The fourth-order valence-electron chi connectivity index (χ4n) is 3.95. The van der Waals surface area contributed by atoms with Crippen LogP contribution in [-0.4, -0.2) is 23.9 Å². The van der Waals surface area contributed by atoms with E-state index in [-0.39, 0.29) is 17.6 Å². The number of aryl methyl sites for hydroxylation is 2. The number of rotatable bonds is 3. The van der Waals surface area contributed by atoms with Gasteiger partial charge in [0, 0.05) is 0 Å². The number of anilines is 1. The first-order valence-electron chi connectivity index (χ1n) is 9.77. The number of fused-ring (bicyclic) bond motifs is 1. The highest BCUT2D eigenvalue weighted by Gasteiger charge is 2.38. The van der Waals surface area contributed by atoms with Crippen molar-refractivity contribution in [3.8, 4) is 0 Å². The molecular weight excluding hydrogens is 354 g/mol. The Labute approximate surface area is 164 Å². The molecule has 0 spiro atoms. The topological polar surface area (TPSA) is 63.7 Å². The third kappa shape index (κ3) is 3.21. The fraction of sp³-hybridized carbons (Fsp3) is 0.348. The number of carbonyl (C=O) groups excluding carboxylic acids is 3. The number of nitrogens with zero attached hydrogens (tertiary/aromatic N) is 1. The normalized spacial score (nSPS) is 17.0. The van der Waals surface area contributed by atoms with Crippen molar-refractivity contribution in [2.24, 2.45) is 0 Å². The molecule has 1 fully saturated rings. The maximum absolute atomic E-state index is 13.0. The van der Waals surface area contributed by atoms with Gasteiger partial charge in [-0.05, 0) is 74.9 Å². The van der Waals surface area contributed by atoms with Crippen LogP contribution in [0.5, 0.6) is 0 Å². The Morgan fingerprint density at radius 2 is 1.64 bits per heavy atom. The van der Waals surface area contributed by atoms with Gasteiger partial charge in [-0.25, -0.2) is 9.69 Å². The second kappa shape index (κ2) is 7.23. The molecule has 0 aromatic heterocycles. The van der Waals surface area contributed by atoms with Crippen LogP contribution in [0, 0.1) is 13.8 Å². The van der Waals surface area contributed by atoms with Crippen molar-refractivity contribution in [1.29, 1.82) is 0 Å². The molecule has 5 nitrogen and oxygen atoms in total. The van der Waals surface area contributed by atoms with Crippen LogP contribution in [0.25, 0.3) is 0 Å². The summed E-state index contributed by atoms with van der Waals surface area (Å²) in [6.45, 7) is 3.78. The minimum Gasteiger partial charge on any atom is -0.459 e. The Morgan fingerprint density at radius 1 is 0.929 bits per heavy atom. The van der Waals surface area contributed by atoms with Gasteiger partial charge in [0.1, 0.15) is 6.10 Å². The second-order valence-corrected chi connectivity index (χ2v) is 7.66. The zero-order valence-electron chi connectivity index (χ0n) is 16.2. The van der Waals surface area contributed by atoms with Crippen LogP contribution in [-0.2, 0) is 4.74 Å². The van der Waals surface area contributed by atoms with Crippen molar-refractivity contribution in [1.82, 2.24) is 0 Å². The first kappa shape index (κ1) is 18.4. The Kier molecular flexibility index (Phi) is 4.75. The molecule has 1 aliphatic carbocycles. The molecule has 1 heterocycles. The summed E-state index contributed by atoms with van der Waals surface area (Å²) in [6, 6.07) is 10.3. The Hall–Kier alpha value is -2.95. The summed E-state index contributed by atoms with van der Waals surface area (Å²) in [5.74, 6) is -1.19. The lowest BCUT2D eigenvalue weighted by Crippen LogP contribution is -2.30. The number of hydrogen-bond donors (Lipinski definition) is 0. The van der Waals surface area contributed by atoms with Gasteiger partial charge in [-0.1, -0.05) is 18.6 Å². The highest BCUT2D eigenvalue weighted by atomic mass is 16.5. The van der Waals surface area contributed by atoms with E-state index < -0.39 is 11.9 Å². The number of amides is 2. The van der Waals surface area contributed by atoms with Crippen molar-refractivity contribution in [2.45, 2.75) is 52.1 Å². The number of benzene rings is 2. The van der Waals surface area contributed by atoms with Crippen molar-refractivity contribution in [2.75, 3.05) is 4.90 Å². The van der Waals surface area contributed by atoms with E-state index in [0.29, 0.717) is 16.8 Å². The summed E-state index contributed by atoms with van der Waals surface area (Å²) in [5, 5.41) is 0. The number of ether oxygens (including phenoxy) is 1. The van der Waals surface area contributed by atoms with Crippen LogP contribution in [0.15, 0.2) is 36.4 Å². The molecule has 1 aliphatic heterocycles. The third-order valence-electron chi connectivity index (χ3n) is 5.55. The van der Waals surface area contributed by atoms with E-state index in [1.54, 1.807) is 12.1 Å². The van der Waals surface area contributed by atoms with Crippen LogP contribution in [0.2, 0.25) is 0 Å². The lowest BCUT2D eigenvalue weighted by Gasteiger charge is -2.21. The van der Waals surface area contributed by atoms with E-state index in [4.69, 9.17) is 4.74 Å². The Morgan fingerprint density at radius 3 is 2.39 bits per heavy atom. The quantitative estimate of drug-likeness (QED) is 0.579. The number of hydrogen-bond acceptors (Lipinski definition) is 4. The van der Waals surface area contributed by atoms with Crippen molar-refractivity contribution >= 4 is 23.5 Å². The van der Waals surface area contributed by atoms with Gasteiger partial charge in [0.05, 0.1) is 22.4 Å². The number of esters is 1. The summed E-state index contributed by atoms with van der Waals surface area (Å²) in [6.07, 6.45) is 5.03. The van der Waals surface area contributed by atoms with Crippen molar-refractivity contribution in [3.63, 3.8) is 0 Å². The molecule has 0 bridgehead atoms. The monoisotopic (exact) mass is 377 g/mol. The van der Waals surface area contributed by atoms with Crippen LogP contribution < -0.4 is 4.90 Å². The predicted octanol–water partition coefficient (Wildman–Crippen LogP) is 4.59. The van der Waals surface area contributed by atoms with Gasteiger partial charge in [-0.3, -0.25) is 9.59 Å². The van der Waals surface area contributed by atoms with E-state index >= 15 is 0 Å². The van der Waals surface area contributed by atoms with Crippen molar-refractivity contribution in [3.05, 3.63) is 64.2 Å². The molecule has 2 aromatic carbocycles.